The highest BCUT2D eigenvalue weighted by Gasteiger charge is 2.32. The Labute approximate surface area is 151 Å². The summed E-state index contributed by atoms with van der Waals surface area (Å²) >= 11 is 6.22. The summed E-state index contributed by atoms with van der Waals surface area (Å²) in [5, 5.41) is 7.89. The van der Waals surface area contributed by atoms with Gasteiger partial charge in [0.1, 0.15) is 28.5 Å². The van der Waals surface area contributed by atoms with Crippen molar-refractivity contribution in [1.82, 2.24) is 4.98 Å². The van der Waals surface area contributed by atoms with Crippen molar-refractivity contribution in [3.05, 3.63) is 48.3 Å². The molecule has 1 aliphatic rings. The van der Waals surface area contributed by atoms with Gasteiger partial charge in [-0.3, -0.25) is 15.3 Å². The number of aliphatic imine (C=N–C) groups is 1. The van der Waals surface area contributed by atoms with Crippen molar-refractivity contribution in [1.29, 1.82) is 5.41 Å². The van der Waals surface area contributed by atoms with Crippen LogP contribution >= 0.6 is 11.6 Å². The van der Waals surface area contributed by atoms with E-state index in [-0.39, 0.29) is 17.5 Å². The predicted molar refractivity (Wildman–Crippen MR) is 91.8 cm³/mol. The molecule has 0 amide bonds. The van der Waals surface area contributed by atoms with Crippen LogP contribution in [-0.4, -0.2) is 22.3 Å². The number of benzene rings is 1. The molecule has 0 saturated carbocycles. The van der Waals surface area contributed by atoms with Crippen LogP contribution in [0.2, 0.25) is 0 Å². The lowest BCUT2D eigenvalue weighted by Crippen LogP contribution is -2.43. The van der Waals surface area contributed by atoms with E-state index in [0.717, 1.165) is 12.3 Å². The van der Waals surface area contributed by atoms with E-state index in [1.165, 1.54) is 11.0 Å². The highest BCUT2D eigenvalue weighted by atomic mass is 35.5. The second-order valence-electron chi connectivity index (χ2n) is 5.41. The molecular weight excluding hydrogens is 371 g/mol. The average molecular weight is 384 g/mol. The Kier molecular flexibility index (Phi) is 4.73. The van der Waals surface area contributed by atoms with Gasteiger partial charge >= 0.3 is 6.18 Å². The Morgan fingerprint density at radius 2 is 1.88 bits per heavy atom. The molecule has 3 rings (SSSR count). The van der Waals surface area contributed by atoms with E-state index in [4.69, 9.17) is 27.5 Å². The number of halogens is 4. The molecule has 0 aliphatic carbocycles. The number of ether oxygens (including phenoxy) is 1. The van der Waals surface area contributed by atoms with Gasteiger partial charge in [-0.15, -0.1) is 0 Å². The largest absolute Gasteiger partial charge is 0.457 e. The fourth-order valence-electron chi connectivity index (χ4n) is 2.36. The van der Waals surface area contributed by atoms with Gasteiger partial charge in [-0.25, -0.2) is 4.99 Å². The van der Waals surface area contributed by atoms with E-state index < -0.39 is 17.4 Å². The Bertz CT molecular complexity index is 854. The first-order chi connectivity index (χ1) is 12.2. The number of hydrogen-bond donors (Lipinski definition) is 2. The highest BCUT2D eigenvalue weighted by molar-refractivity contribution is 6.27. The van der Waals surface area contributed by atoms with Gasteiger partial charge in [0, 0.05) is 24.4 Å². The minimum Gasteiger partial charge on any atom is -0.457 e. The molecule has 2 aromatic rings. The van der Waals surface area contributed by atoms with Crippen LogP contribution < -0.4 is 15.4 Å². The van der Waals surface area contributed by atoms with Crippen molar-refractivity contribution in [2.75, 3.05) is 4.90 Å². The van der Waals surface area contributed by atoms with Crippen LogP contribution in [-0.2, 0) is 6.18 Å². The number of nitrogens with two attached hydrogens (primary N) is 1. The number of nitrogens with one attached hydrogen (secondary N) is 1. The highest BCUT2D eigenvalue weighted by Crippen LogP contribution is 2.32. The number of rotatable bonds is 3. The van der Waals surface area contributed by atoms with Gasteiger partial charge in [0.2, 0.25) is 5.96 Å². The van der Waals surface area contributed by atoms with Crippen LogP contribution in [0, 0.1) is 5.41 Å². The van der Waals surface area contributed by atoms with Crippen LogP contribution in [0.1, 0.15) is 12.1 Å². The van der Waals surface area contributed by atoms with E-state index in [0.29, 0.717) is 17.9 Å². The third-order valence-corrected chi connectivity index (χ3v) is 3.86. The maximum atomic E-state index is 12.7. The number of nitrogens with zero attached hydrogens (tertiary/aromatic N) is 3. The molecule has 136 valence electrons. The molecule has 26 heavy (non-hydrogen) atoms. The monoisotopic (exact) mass is 383 g/mol. The Morgan fingerprint density at radius 1 is 1.19 bits per heavy atom. The van der Waals surface area contributed by atoms with E-state index in [1.807, 2.05) is 0 Å². The van der Waals surface area contributed by atoms with Crippen molar-refractivity contribution in [2.24, 2.45) is 10.7 Å². The number of hydrogen-bond acceptors (Lipinski definition) is 4. The zero-order valence-electron chi connectivity index (χ0n) is 13.2. The molecule has 1 aliphatic heterocycles. The van der Waals surface area contributed by atoms with Gasteiger partial charge in [0.15, 0.2) is 0 Å². The second-order valence-corrected chi connectivity index (χ2v) is 5.91. The quantitative estimate of drug-likeness (QED) is 0.620. The molecule has 1 aromatic heterocycles. The first-order valence-corrected chi connectivity index (χ1v) is 7.84. The lowest BCUT2D eigenvalue weighted by Gasteiger charge is -2.31. The maximum absolute atomic E-state index is 12.7. The zero-order chi connectivity index (χ0) is 18.9. The fourth-order valence-corrected chi connectivity index (χ4v) is 2.72. The molecule has 1 atom stereocenters. The molecule has 2 heterocycles. The lowest BCUT2D eigenvalue weighted by atomic mass is 10.2. The van der Waals surface area contributed by atoms with Gasteiger partial charge in [0.25, 0.3) is 0 Å². The summed E-state index contributed by atoms with van der Waals surface area (Å²) < 4.78 is 43.5. The second kappa shape index (κ2) is 6.83. The van der Waals surface area contributed by atoms with E-state index in [1.54, 1.807) is 24.3 Å². The first-order valence-electron chi connectivity index (χ1n) is 7.40. The Morgan fingerprint density at radius 3 is 2.50 bits per heavy atom. The van der Waals surface area contributed by atoms with E-state index >= 15 is 0 Å². The molecule has 1 unspecified atom stereocenters. The standard InChI is InChI=1S/C16H13ClF3N5O/c17-13-8-14(21)24-15(22)25(13)9-1-3-10(4-2-9)26-11-5-6-23-12(7-11)16(18,19)20/h1-7,13H,8H2,(H3,21,22,24). The molecule has 0 fully saturated rings. The summed E-state index contributed by atoms with van der Waals surface area (Å²) in [5.74, 6) is 0.528. The molecule has 0 bridgehead atoms. The van der Waals surface area contributed by atoms with Gasteiger partial charge < -0.3 is 10.5 Å². The smallest absolute Gasteiger partial charge is 0.433 e. The molecular formula is C16H13ClF3N5O. The van der Waals surface area contributed by atoms with Crippen LogP contribution in [0.3, 0.4) is 0 Å². The van der Waals surface area contributed by atoms with Gasteiger partial charge in [-0.05, 0) is 30.3 Å². The van der Waals surface area contributed by atoms with E-state index in [9.17, 15) is 13.2 Å². The minimum atomic E-state index is -4.55. The summed E-state index contributed by atoms with van der Waals surface area (Å²) in [4.78, 5) is 8.65. The van der Waals surface area contributed by atoms with Crippen molar-refractivity contribution >= 4 is 29.1 Å². The molecule has 6 nitrogen and oxygen atoms in total. The van der Waals surface area contributed by atoms with Crippen molar-refractivity contribution in [2.45, 2.75) is 18.1 Å². The van der Waals surface area contributed by atoms with Crippen LogP contribution in [0.4, 0.5) is 18.9 Å². The van der Waals surface area contributed by atoms with Crippen molar-refractivity contribution in [3.63, 3.8) is 0 Å². The fraction of sp³-hybridized carbons (Fsp3) is 0.188. The average Bonchev–Trinajstić information content (AvgIpc) is 2.55. The lowest BCUT2D eigenvalue weighted by molar-refractivity contribution is -0.141. The number of guanidine groups is 1. The number of pyridine rings is 1. The summed E-state index contributed by atoms with van der Waals surface area (Å²) in [6.07, 6.45) is -3.21. The van der Waals surface area contributed by atoms with Crippen LogP contribution in [0.5, 0.6) is 11.5 Å². The minimum absolute atomic E-state index is 0.0124. The van der Waals surface area contributed by atoms with Crippen molar-refractivity contribution in [3.8, 4) is 11.5 Å². The normalized spacial score (nSPS) is 17.8. The summed E-state index contributed by atoms with van der Waals surface area (Å²) in [6.45, 7) is 0. The van der Waals surface area contributed by atoms with Gasteiger partial charge in [-0.2, -0.15) is 13.2 Å². The maximum Gasteiger partial charge on any atom is 0.433 e. The molecule has 0 saturated heterocycles. The van der Waals surface area contributed by atoms with Crippen molar-refractivity contribution < 1.29 is 17.9 Å². The number of alkyl halides is 4. The molecule has 0 spiro atoms. The third kappa shape index (κ3) is 3.88. The van der Waals surface area contributed by atoms with Crippen LogP contribution in [0.25, 0.3) is 0 Å². The summed E-state index contributed by atoms with van der Waals surface area (Å²) in [5.41, 5.74) is 4.60. The number of amidine groups is 1. The topological polar surface area (TPSA) is 87.6 Å². The summed E-state index contributed by atoms with van der Waals surface area (Å²) in [6, 6.07) is 8.52. The molecule has 1 aromatic carbocycles. The first kappa shape index (κ1) is 18.0. The third-order valence-electron chi connectivity index (χ3n) is 3.51. The SMILES string of the molecule is N=C1N=C(N)CC(Cl)N1c1ccc(Oc2ccnc(C(F)(F)F)c2)cc1. The van der Waals surface area contributed by atoms with Gasteiger partial charge in [0.05, 0.1) is 0 Å². The molecule has 10 heteroatoms. The van der Waals surface area contributed by atoms with Crippen LogP contribution in [0.15, 0.2) is 47.6 Å². The predicted octanol–water partition coefficient (Wildman–Crippen LogP) is 3.96. The number of aromatic nitrogens is 1. The summed E-state index contributed by atoms with van der Waals surface area (Å²) in [7, 11) is 0. The Hall–Kier alpha value is -2.81. The zero-order valence-corrected chi connectivity index (χ0v) is 13.9. The number of anilines is 1. The van der Waals surface area contributed by atoms with Gasteiger partial charge in [-0.1, -0.05) is 11.6 Å². The Balaban J connectivity index is 1.78. The van der Waals surface area contributed by atoms with E-state index in [2.05, 4.69) is 9.98 Å². The molecule has 0 radical (unpaired) electrons. The molecule has 3 N–H and O–H groups in total.